The van der Waals surface area contributed by atoms with E-state index in [4.69, 9.17) is 8.85 Å². The summed E-state index contributed by atoms with van der Waals surface area (Å²) in [5, 5.41) is 0. The van der Waals surface area contributed by atoms with E-state index in [0.717, 1.165) is 4.90 Å². The Labute approximate surface area is 83.5 Å². The zero-order valence-electron chi connectivity index (χ0n) is 8.44. The number of hydrogen-bond acceptors (Lipinski definition) is 4. The van der Waals surface area contributed by atoms with E-state index in [-0.39, 0.29) is 18.0 Å². The average Bonchev–Trinajstić information content (AvgIpc) is 2.49. The second-order valence-corrected chi connectivity index (χ2v) is 6.54. The predicted octanol–water partition coefficient (Wildman–Crippen LogP) is -0.185. The van der Waals surface area contributed by atoms with E-state index < -0.39 is 8.56 Å². The number of nitrogens with zero attached hydrogens (tertiary/aromatic N) is 1. The van der Waals surface area contributed by atoms with Gasteiger partial charge in [0.25, 0.3) is 11.8 Å². The quantitative estimate of drug-likeness (QED) is 0.482. The van der Waals surface area contributed by atoms with Crippen molar-refractivity contribution in [1.82, 2.24) is 4.90 Å². The minimum Gasteiger partial charge on any atom is -0.397 e. The Morgan fingerprint density at radius 3 is 2.00 bits per heavy atom. The van der Waals surface area contributed by atoms with Gasteiger partial charge in [-0.2, -0.15) is 0 Å². The van der Waals surface area contributed by atoms with E-state index in [1.54, 1.807) is 6.55 Å². The lowest BCUT2D eigenvalue weighted by atomic mass is 10.6. The summed E-state index contributed by atoms with van der Waals surface area (Å²) in [6.45, 7) is 1.80. The topological polar surface area (TPSA) is 55.8 Å². The van der Waals surface area contributed by atoms with Gasteiger partial charge in [-0.05, 0) is 6.55 Å². The molecule has 1 aliphatic rings. The largest absolute Gasteiger partial charge is 0.397 e. The molecule has 78 valence electrons. The van der Waals surface area contributed by atoms with Gasteiger partial charge in [-0.15, -0.1) is 0 Å². The molecule has 0 unspecified atom stereocenters. The summed E-state index contributed by atoms with van der Waals surface area (Å²) < 4.78 is 10.4. The molecule has 6 heteroatoms. The first-order chi connectivity index (χ1) is 6.52. The third kappa shape index (κ3) is 2.09. The lowest BCUT2D eigenvalue weighted by molar-refractivity contribution is -0.136. The Morgan fingerprint density at radius 1 is 1.21 bits per heavy atom. The second-order valence-electron chi connectivity index (χ2n) is 3.14. The van der Waals surface area contributed by atoms with Crippen LogP contribution in [-0.2, 0) is 18.4 Å². The van der Waals surface area contributed by atoms with Crippen molar-refractivity contribution in [2.45, 2.75) is 6.55 Å². The maximum Gasteiger partial charge on any atom is 0.355 e. The number of carbonyl (C=O) groups is 2. The summed E-state index contributed by atoms with van der Waals surface area (Å²) in [4.78, 5) is 23.6. The molecule has 0 aromatic rings. The molecular formula is C8H13NO4Si. The van der Waals surface area contributed by atoms with Crippen LogP contribution in [0.25, 0.3) is 0 Å². The van der Waals surface area contributed by atoms with Crippen LogP contribution >= 0.6 is 0 Å². The summed E-state index contributed by atoms with van der Waals surface area (Å²) in [5.41, 5.74) is 0. The molecule has 0 saturated carbocycles. The Hall–Kier alpha value is -0.983. The Morgan fingerprint density at radius 2 is 1.64 bits per heavy atom. The van der Waals surface area contributed by atoms with Gasteiger partial charge in [-0.25, -0.2) is 0 Å². The van der Waals surface area contributed by atoms with Crippen molar-refractivity contribution in [2.75, 3.05) is 20.4 Å². The third-order valence-electron chi connectivity index (χ3n) is 2.21. The molecule has 0 aliphatic carbocycles. The first kappa shape index (κ1) is 11.1. The van der Waals surface area contributed by atoms with Crippen LogP contribution in [0.4, 0.5) is 0 Å². The van der Waals surface area contributed by atoms with Crippen LogP contribution in [0.15, 0.2) is 12.2 Å². The summed E-state index contributed by atoms with van der Waals surface area (Å²) in [5.74, 6) is -0.606. The highest BCUT2D eigenvalue weighted by atomic mass is 28.4. The molecular weight excluding hydrogens is 202 g/mol. The minimum absolute atomic E-state index is 0.227. The monoisotopic (exact) mass is 215 g/mol. The summed E-state index contributed by atoms with van der Waals surface area (Å²) in [6.07, 6.45) is 2.73. The fourth-order valence-corrected chi connectivity index (χ4v) is 2.40. The fraction of sp³-hybridized carbons (Fsp3) is 0.500. The third-order valence-corrected chi connectivity index (χ3v) is 4.83. The van der Waals surface area contributed by atoms with Gasteiger partial charge in [0.15, 0.2) is 0 Å². The standard InChI is InChI=1S/C8H13NO4Si/c1-12-14(3,13-2)6-9-7(10)4-5-8(9)11/h4-5H,6H2,1-3H3. The molecule has 0 aromatic carbocycles. The second kappa shape index (κ2) is 4.03. The van der Waals surface area contributed by atoms with Gasteiger partial charge in [0.05, 0.1) is 6.17 Å². The Bertz CT molecular complexity index is 267. The molecule has 2 amide bonds. The van der Waals surface area contributed by atoms with E-state index in [0.29, 0.717) is 0 Å². The summed E-state index contributed by atoms with van der Waals surface area (Å²) in [6, 6.07) is 0. The maximum atomic E-state index is 11.2. The van der Waals surface area contributed by atoms with Gasteiger partial charge >= 0.3 is 8.56 Å². The fourth-order valence-electron chi connectivity index (χ4n) is 1.09. The normalized spacial score (nSPS) is 16.9. The van der Waals surface area contributed by atoms with Crippen LogP contribution in [0.1, 0.15) is 0 Å². The molecule has 14 heavy (non-hydrogen) atoms. The highest BCUT2D eigenvalue weighted by Gasteiger charge is 2.37. The first-order valence-electron chi connectivity index (χ1n) is 4.16. The number of hydrogen-bond donors (Lipinski definition) is 0. The van der Waals surface area contributed by atoms with Gasteiger partial charge in [-0.1, -0.05) is 0 Å². The van der Waals surface area contributed by atoms with E-state index in [1.807, 2.05) is 0 Å². The van der Waals surface area contributed by atoms with Crippen LogP contribution in [0.3, 0.4) is 0 Å². The number of imide groups is 1. The predicted molar refractivity (Wildman–Crippen MR) is 51.5 cm³/mol. The van der Waals surface area contributed by atoms with Crippen LogP contribution in [0.5, 0.6) is 0 Å². The van der Waals surface area contributed by atoms with E-state index >= 15 is 0 Å². The van der Waals surface area contributed by atoms with Crippen molar-refractivity contribution < 1.29 is 18.4 Å². The smallest absolute Gasteiger partial charge is 0.355 e. The van der Waals surface area contributed by atoms with Crippen molar-refractivity contribution in [3.05, 3.63) is 12.2 Å². The van der Waals surface area contributed by atoms with Crippen LogP contribution in [0, 0.1) is 0 Å². The Kier molecular flexibility index (Phi) is 3.20. The molecule has 0 fully saturated rings. The molecule has 1 heterocycles. The highest BCUT2D eigenvalue weighted by molar-refractivity contribution is 6.66. The molecule has 0 N–H and O–H groups in total. The van der Waals surface area contributed by atoms with Crippen molar-refractivity contribution in [3.8, 4) is 0 Å². The van der Waals surface area contributed by atoms with E-state index in [1.165, 1.54) is 26.4 Å². The van der Waals surface area contributed by atoms with E-state index in [2.05, 4.69) is 0 Å². The van der Waals surface area contributed by atoms with Crippen LogP contribution < -0.4 is 0 Å². The summed E-state index contributed by atoms with van der Waals surface area (Å²) >= 11 is 0. The van der Waals surface area contributed by atoms with Crippen LogP contribution in [0.2, 0.25) is 6.55 Å². The molecule has 5 nitrogen and oxygen atoms in total. The molecule has 0 spiro atoms. The lowest BCUT2D eigenvalue weighted by Crippen LogP contribution is -2.50. The lowest BCUT2D eigenvalue weighted by Gasteiger charge is -2.26. The molecule has 0 radical (unpaired) electrons. The van der Waals surface area contributed by atoms with Crippen molar-refractivity contribution >= 4 is 20.4 Å². The zero-order chi connectivity index (χ0) is 10.8. The number of carbonyl (C=O) groups excluding carboxylic acids is 2. The number of amides is 2. The molecule has 1 rings (SSSR count). The van der Waals surface area contributed by atoms with Gasteiger partial charge in [0, 0.05) is 26.4 Å². The SMILES string of the molecule is CO[Si](C)(CN1C(=O)C=CC1=O)OC. The van der Waals surface area contributed by atoms with Gasteiger partial charge in [0.1, 0.15) is 0 Å². The van der Waals surface area contributed by atoms with Crippen molar-refractivity contribution in [3.63, 3.8) is 0 Å². The molecule has 0 bridgehead atoms. The summed E-state index contributed by atoms with van der Waals surface area (Å²) in [7, 11) is 0.642. The average molecular weight is 215 g/mol. The minimum atomic E-state index is -2.40. The Balaban J connectivity index is 2.69. The van der Waals surface area contributed by atoms with Gasteiger partial charge in [0.2, 0.25) is 0 Å². The zero-order valence-corrected chi connectivity index (χ0v) is 9.44. The molecule has 0 atom stereocenters. The van der Waals surface area contributed by atoms with Crippen LogP contribution in [-0.4, -0.2) is 45.7 Å². The maximum absolute atomic E-state index is 11.2. The highest BCUT2D eigenvalue weighted by Crippen LogP contribution is 2.11. The first-order valence-corrected chi connectivity index (χ1v) is 6.68. The van der Waals surface area contributed by atoms with Crippen molar-refractivity contribution in [1.29, 1.82) is 0 Å². The molecule has 0 aromatic heterocycles. The van der Waals surface area contributed by atoms with E-state index in [9.17, 15) is 9.59 Å². The van der Waals surface area contributed by atoms with Crippen molar-refractivity contribution in [2.24, 2.45) is 0 Å². The van der Waals surface area contributed by atoms with Gasteiger partial charge in [-0.3, -0.25) is 14.5 Å². The van der Waals surface area contributed by atoms with Gasteiger partial charge < -0.3 is 8.85 Å². The number of rotatable bonds is 4. The molecule has 1 aliphatic heterocycles. The molecule has 0 saturated heterocycles.